The largest absolute Gasteiger partial charge is 0.384 e. The van der Waals surface area contributed by atoms with Gasteiger partial charge in [-0.1, -0.05) is 18.2 Å². The van der Waals surface area contributed by atoms with Crippen LogP contribution in [-0.2, 0) is 0 Å². The third kappa shape index (κ3) is 2.01. The highest BCUT2D eigenvalue weighted by atomic mass is 15.3. The molecule has 0 radical (unpaired) electrons. The maximum atomic E-state index is 7.82. The fraction of sp³-hybridized carbons (Fsp3) is 0.375. The van der Waals surface area contributed by atoms with Gasteiger partial charge >= 0.3 is 0 Å². The van der Waals surface area contributed by atoms with Crippen LogP contribution in [-0.4, -0.2) is 22.9 Å². The Balaban J connectivity index is 2.20. The van der Waals surface area contributed by atoms with Gasteiger partial charge in [0.2, 0.25) is 0 Å². The Bertz CT molecular complexity index is 675. The van der Waals surface area contributed by atoms with Crippen molar-refractivity contribution in [2.24, 2.45) is 5.73 Å². The molecule has 1 aromatic carbocycles. The SMILES string of the molecule is CC1(C)CCCN1c1cc(C(=N)N)c2ccccc2n1. The first-order valence-corrected chi connectivity index (χ1v) is 7.01. The molecule has 0 bridgehead atoms. The van der Waals surface area contributed by atoms with E-state index >= 15 is 0 Å². The number of pyridine rings is 1. The van der Waals surface area contributed by atoms with Crippen molar-refractivity contribution in [2.75, 3.05) is 11.4 Å². The van der Waals surface area contributed by atoms with Crippen LogP contribution in [0.5, 0.6) is 0 Å². The van der Waals surface area contributed by atoms with Crippen LogP contribution in [0.1, 0.15) is 32.3 Å². The fourth-order valence-corrected chi connectivity index (χ4v) is 3.05. The van der Waals surface area contributed by atoms with Crippen LogP contribution in [0.15, 0.2) is 30.3 Å². The molecule has 2 heterocycles. The average Bonchev–Trinajstić information content (AvgIpc) is 2.77. The molecule has 1 aliphatic heterocycles. The predicted octanol–water partition coefficient (Wildman–Crippen LogP) is 2.90. The summed E-state index contributed by atoms with van der Waals surface area (Å²) in [5.41, 5.74) is 7.54. The van der Waals surface area contributed by atoms with Crippen LogP contribution in [0.25, 0.3) is 10.9 Å². The lowest BCUT2D eigenvalue weighted by molar-refractivity contribution is 0.515. The van der Waals surface area contributed by atoms with Crippen LogP contribution < -0.4 is 10.6 Å². The first kappa shape index (κ1) is 12.9. The lowest BCUT2D eigenvalue weighted by Crippen LogP contribution is -2.38. The molecule has 4 heteroatoms. The Morgan fingerprint density at radius 3 is 2.75 bits per heavy atom. The van der Waals surface area contributed by atoms with Gasteiger partial charge in [0.1, 0.15) is 11.7 Å². The summed E-state index contributed by atoms with van der Waals surface area (Å²) in [5, 5.41) is 8.76. The molecule has 1 fully saturated rings. The summed E-state index contributed by atoms with van der Waals surface area (Å²) in [6.07, 6.45) is 2.34. The second kappa shape index (κ2) is 4.47. The summed E-state index contributed by atoms with van der Waals surface area (Å²) in [4.78, 5) is 7.09. The average molecular weight is 268 g/mol. The second-order valence-corrected chi connectivity index (χ2v) is 6.03. The number of rotatable bonds is 2. The zero-order chi connectivity index (χ0) is 14.3. The van der Waals surface area contributed by atoms with Gasteiger partial charge < -0.3 is 10.6 Å². The number of hydrogen-bond acceptors (Lipinski definition) is 3. The number of nitrogens with one attached hydrogen (secondary N) is 1. The Morgan fingerprint density at radius 2 is 2.10 bits per heavy atom. The summed E-state index contributed by atoms with van der Waals surface area (Å²) in [5.74, 6) is 1.03. The number of hydrogen-bond donors (Lipinski definition) is 2. The van der Waals surface area contributed by atoms with Gasteiger partial charge in [0, 0.05) is 23.0 Å². The molecular weight excluding hydrogens is 248 g/mol. The Labute approximate surface area is 119 Å². The van der Waals surface area contributed by atoms with E-state index in [1.807, 2.05) is 30.3 Å². The van der Waals surface area contributed by atoms with Crippen LogP contribution in [0, 0.1) is 5.41 Å². The first-order chi connectivity index (χ1) is 9.49. The van der Waals surface area contributed by atoms with Gasteiger partial charge in [0.25, 0.3) is 0 Å². The normalized spacial score (nSPS) is 17.6. The minimum atomic E-state index is 0.0989. The number of amidine groups is 1. The van der Waals surface area contributed by atoms with Crippen molar-refractivity contribution in [2.45, 2.75) is 32.2 Å². The molecule has 0 aliphatic carbocycles. The number of benzene rings is 1. The summed E-state index contributed by atoms with van der Waals surface area (Å²) >= 11 is 0. The van der Waals surface area contributed by atoms with Gasteiger partial charge in [0.15, 0.2) is 0 Å². The van der Waals surface area contributed by atoms with E-state index in [1.165, 1.54) is 6.42 Å². The van der Waals surface area contributed by atoms with E-state index in [0.29, 0.717) is 0 Å². The van der Waals surface area contributed by atoms with E-state index in [2.05, 4.69) is 18.7 Å². The molecule has 3 N–H and O–H groups in total. The highest BCUT2D eigenvalue weighted by molar-refractivity contribution is 6.07. The fourth-order valence-electron chi connectivity index (χ4n) is 3.05. The smallest absolute Gasteiger partial charge is 0.130 e. The van der Waals surface area contributed by atoms with E-state index in [9.17, 15) is 0 Å². The van der Waals surface area contributed by atoms with E-state index in [1.54, 1.807) is 0 Å². The number of para-hydroxylation sites is 1. The van der Waals surface area contributed by atoms with Crippen molar-refractivity contribution in [3.05, 3.63) is 35.9 Å². The van der Waals surface area contributed by atoms with Crippen LogP contribution in [0.4, 0.5) is 5.82 Å². The highest BCUT2D eigenvalue weighted by Crippen LogP contribution is 2.34. The number of fused-ring (bicyclic) bond motifs is 1. The minimum Gasteiger partial charge on any atom is -0.384 e. The summed E-state index contributed by atoms with van der Waals surface area (Å²) in [6, 6.07) is 9.83. The quantitative estimate of drug-likeness (QED) is 0.650. The number of aromatic nitrogens is 1. The van der Waals surface area contributed by atoms with Gasteiger partial charge in [0.05, 0.1) is 5.52 Å². The molecule has 1 saturated heterocycles. The lowest BCUT2D eigenvalue weighted by atomic mass is 10.0. The Hall–Kier alpha value is -2.10. The van der Waals surface area contributed by atoms with Gasteiger partial charge in [-0.15, -0.1) is 0 Å². The molecule has 1 aromatic heterocycles. The monoisotopic (exact) mass is 268 g/mol. The van der Waals surface area contributed by atoms with E-state index in [0.717, 1.165) is 35.2 Å². The number of nitrogens with two attached hydrogens (primary N) is 1. The van der Waals surface area contributed by atoms with Crippen LogP contribution in [0.2, 0.25) is 0 Å². The standard InChI is InChI=1S/C16H20N4/c1-16(2)8-5-9-20(16)14-10-12(15(17)18)11-6-3-4-7-13(11)19-14/h3-4,6-7,10H,5,8-9H2,1-2H3,(H3,17,18). The van der Waals surface area contributed by atoms with Crippen molar-refractivity contribution in [1.29, 1.82) is 5.41 Å². The number of anilines is 1. The summed E-state index contributed by atoms with van der Waals surface area (Å²) < 4.78 is 0. The Morgan fingerprint density at radius 1 is 1.35 bits per heavy atom. The van der Waals surface area contributed by atoms with Gasteiger partial charge in [-0.25, -0.2) is 4.98 Å². The topological polar surface area (TPSA) is 66.0 Å². The molecule has 3 rings (SSSR count). The molecular formula is C16H20N4. The second-order valence-electron chi connectivity index (χ2n) is 6.03. The van der Waals surface area contributed by atoms with Gasteiger partial charge in [-0.3, -0.25) is 5.41 Å². The molecule has 4 nitrogen and oxygen atoms in total. The van der Waals surface area contributed by atoms with E-state index in [4.69, 9.17) is 16.1 Å². The molecule has 1 aliphatic rings. The van der Waals surface area contributed by atoms with E-state index in [-0.39, 0.29) is 11.4 Å². The van der Waals surface area contributed by atoms with Gasteiger partial charge in [-0.05, 0) is 38.8 Å². The maximum absolute atomic E-state index is 7.82. The molecule has 0 amide bonds. The van der Waals surface area contributed by atoms with Crippen LogP contribution >= 0.6 is 0 Å². The molecule has 104 valence electrons. The van der Waals surface area contributed by atoms with Crippen LogP contribution in [0.3, 0.4) is 0 Å². The molecule has 0 spiro atoms. The molecule has 0 saturated carbocycles. The zero-order valence-corrected chi connectivity index (χ0v) is 12.0. The third-order valence-corrected chi connectivity index (χ3v) is 4.17. The van der Waals surface area contributed by atoms with Crippen molar-refractivity contribution < 1.29 is 0 Å². The highest BCUT2D eigenvalue weighted by Gasteiger charge is 2.33. The predicted molar refractivity (Wildman–Crippen MR) is 83.4 cm³/mol. The minimum absolute atomic E-state index is 0.0989. The number of nitrogens with zero attached hydrogens (tertiary/aromatic N) is 2. The van der Waals surface area contributed by atoms with Gasteiger partial charge in [-0.2, -0.15) is 0 Å². The molecule has 2 aromatic rings. The lowest BCUT2D eigenvalue weighted by Gasteiger charge is -2.33. The van der Waals surface area contributed by atoms with Crippen molar-refractivity contribution in [1.82, 2.24) is 4.98 Å². The zero-order valence-electron chi connectivity index (χ0n) is 12.0. The third-order valence-electron chi connectivity index (χ3n) is 4.17. The Kier molecular flexibility index (Phi) is 2.89. The molecule has 20 heavy (non-hydrogen) atoms. The summed E-state index contributed by atoms with van der Waals surface area (Å²) in [7, 11) is 0. The maximum Gasteiger partial charge on any atom is 0.130 e. The van der Waals surface area contributed by atoms with Crippen molar-refractivity contribution >= 4 is 22.6 Å². The summed E-state index contributed by atoms with van der Waals surface area (Å²) in [6.45, 7) is 5.49. The number of nitrogen functional groups attached to an aromatic ring is 1. The first-order valence-electron chi connectivity index (χ1n) is 7.01. The van der Waals surface area contributed by atoms with Crippen molar-refractivity contribution in [3.8, 4) is 0 Å². The van der Waals surface area contributed by atoms with Crippen molar-refractivity contribution in [3.63, 3.8) is 0 Å². The molecule has 0 unspecified atom stereocenters. The van der Waals surface area contributed by atoms with E-state index < -0.39 is 0 Å². The molecule has 0 atom stereocenters.